The smallest absolute Gasteiger partial charge is 0.296 e. The Balaban J connectivity index is 3.20. The van der Waals surface area contributed by atoms with E-state index >= 15 is 0 Å². The van der Waals surface area contributed by atoms with Crippen molar-refractivity contribution in [3.63, 3.8) is 0 Å². The molecular weight excluding hydrogens is 334 g/mol. The Morgan fingerprint density at radius 2 is 2.16 bits per heavy atom. The van der Waals surface area contributed by atoms with Gasteiger partial charge in [-0.15, -0.1) is 11.8 Å². The second-order valence-electron chi connectivity index (χ2n) is 5.14. The van der Waals surface area contributed by atoms with E-state index in [1.165, 1.54) is 22.5 Å². The second-order valence-corrected chi connectivity index (χ2v) is 6.29. The first-order chi connectivity index (χ1) is 11.9. The van der Waals surface area contributed by atoms with Crippen LogP contribution in [0.3, 0.4) is 0 Å². The van der Waals surface area contributed by atoms with E-state index < -0.39 is 11.2 Å². The Hall–Kier alpha value is -2.78. The van der Waals surface area contributed by atoms with Crippen molar-refractivity contribution in [2.45, 2.75) is 26.3 Å². The highest BCUT2D eigenvalue weighted by molar-refractivity contribution is 8.05. The molecule has 5 nitrogen and oxygen atoms in total. The van der Waals surface area contributed by atoms with Crippen LogP contribution in [-0.4, -0.2) is 9.55 Å². The molecule has 0 saturated carbocycles. The first-order valence-corrected chi connectivity index (χ1v) is 8.54. The summed E-state index contributed by atoms with van der Waals surface area (Å²) in [5.41, 5.74) is 0.694. The lowest BCUT2D eigenvalue weighted by molar-refractivity contribution is 0.709. The van der Waals surface area contributed by atoms with E-state index in [0.29, 0.717) is 23.1 Å². The van der Waals surface area contributed by atoms with E-state index in [-0.39, 0.29) is 6.54 Å². The summed E-state index contributed by atoms with van der Waals surface area (Å²) in [7, 11) is 0. The van der Waals surface area contributed by atoms with Crippen LogP contribution in [0.15, 0.2) is 75.2 Å². The minimum absolute atomic E-state index is 0.204. The van der Waals surface area contributed by atoms with Crippen molar-refractivity contribution in [2.75, 3.05) is 0 Å². The number of hydrogen-bond acceptors (Lipinski definition) is 4. The summed E-state index contributed by atoms with van der Waals surface area (Å²) < 4.78 is 1.39. The monoisotopic (exact) mass is 355 g/mol. The van der Waals surface area contributed by atoms with Gasteiger partial charge in [0, 0.05) is 23.8 Å². The molecule has 1 aromatic heterocycles. The molecule has 0 spiro atoms. The maximum atomic E-state index is 12.1. The summed E-state index contributed by atoms with van der Waals surface area (Å²) in [6.07, 6.45) is 7.64. The van der Waals surface area contributed by atoms with Gasteiger partial charge < -0.3 is 0 Å². The minimum atomic E-state index is -0.513. The molecule has 0 aromatic carbocycles. The molecule has 1 aromatic rings. The molecule has 0 atom stereocenters. The molecule has 130 valence electrons. The van der Waals surface area contributed by atoms with Crippen molar-refractivity contribution < 1.29 is 0 Å². The third-order valence-electron chi connectivity index (χ3n) is 3.23. The molecule has 0 fully saturated rings. The number of aromatic nitrogens is 2. The standard InChI is InChI=1S/C19H21N3O2S/c1-5-8-16(11-20)10-15(6-2)12-22-13-17(9-14(4)25-7-3)18(23)21-19(22)24/h6-8,10,13H,2-5,9,12H2,1H3,(H,21,23,24)/b15-10+,16-8+. The number of nitriles is 1. The molecule has 25 heavy (non-hydrogen) atoms. The first-order valence-electron chi connectivity index (χ1n) is 7.66. The van der Waals surface area contributed by atoms with Crippen LogP contribution in [0.25, 0.3) is 0 Å². The minimum Gasteiger partial charge on any atom is -0.296 e. The number of aromatic amines is 1. The number of rotatable bonds is 9. The maximum Gasteiger partial charge on any atom is 0.328 e. The summed E-state index contributed by atoms with van der Waals surface area (Å²) in [5.74, 6) is 0. The second kappa shape index (κ2) is 10.2. The van der Waals surface area contributed by atoms with Gasteiger partial charge >= 0.3 is 5.69 Å². The van der Waals surface area contributed by atoms with Crippen molar-refractivity contribution in [3.05, 3.63) is 92.0 Å². The Labute approximate surface area is 151 Å². The van der Waals surface area contributed by atoms with Crippen LogP contribution in [0.4, 0.5) is 0 Å². The van der Waals surface area contributed by atoms with E-state index in [0.717, 1.165) is 11.3 Å². The molecule has 0 aliphatic heterocycles. The zero-order chi connectivity index (χ0) is 18.8. The molecule has 1 N–H and O–H groups in total. The van der Waals surface area contributed by atoms with Gasteiger partial charge in [0.1, 0.15) is 0 Å². The summed E-state index contributed by atoms with van der Waals surface area (Å²) in [4.78, 5) is 27.1. The van der Waals surface area contributed by atoms with Crippen LogP contribution in [0.2, 0.25) is 0 Å². The molecular formula is C19H21N3O2S. The van der Waals surface area contributed by atoms with Gasteiger partial charge in [0.05, 0.1) is 12.6 Å². The molecule has 0 unspecified atom stereocenters. The molecule has 1 rings (SSSR count). The SMILES string of the molecule is C=CSC(=C)Cc1cn(C/C(C=C)=C/C(C#N)=C\CC)c(=O)[nH]c1=O. The molecule has 6 heteroatoms. The highest BCUT2D eigenvalue weighted by Gasteiger charge is 2.07. The van der Waals surface area contributed by atoms with Gasteiger partial charge in [-0.05, 0) is 28.4 Å². The number of hydrogen-bond donors (Lipinski definition) is 1. The summed E-state index contributed by atoms with van der Waals surface area (Å²) >= 11 is 1.34. The van der Waals surface area contributed by atoms with E-state index in [1.54, 1.807) is 23.6 Å². The van der Waals surface area contributed by atoms with Crippen molar-refractivity contribution in [1.82, 2.24) is 9.55 Å². The highest BCUT2D eigenvalue weighted by atomic mass is 32.2. The molecule has 0 saturated heterocycles. The Morgan fingerprint density at radius 1 is 1.44 bits per heavy atom. The summed E-state index contributed by atoms with van der Waals surface area (Å²) in [6.45, 7) is 13.3. The van der Waals surface area contributed by atoms with Crippen LogP contribution >= 0.6 is 11.8 Å². The maximum absolute atomic E-state index is 12.1. The predicted octanol–water partition coefficient (Wildman–Crippen LogP) is 3.44. The van der Waals surface area contributed by atoms with Crippen LogP contribution < -0.4 is 11.2 Å². The first kappa shape index (κ1) is 20.3. The number of allylic oxidation sites excluding steroid dienone is 6. The third kappa shape index (κ3) is 6.32. The average molecular weight is 355 g/mol. The number of thioether (sulfide) groups is 1. The average Bonchev–Trinajstić information content (AvgIpc) is 2.57. The van der Waals surface area contributed by atoms with Gasteiger partial charge in [-0.1, -0.05) is 38.8 Å². The summed E-state index contributed by atoms with van der Waals surface area (Å²) in [6, 6.07) is 2.10. The largest absolute Gasteiger partial charge is 0.328 e. The van der Waals surface area contributed by atoms with Crippen molar-refractivity contribution in [3.8, 4) is 6.07 Å². The fourth-order valence-corrected chi connectivity index (χ4v) is 2.57. The third-order valence-corrected chi connectivity index (χ3v) is 3.88. The van der Waals surface area contributed by atoms with Gasteiger partial charge in [-0.3, -0.25) is 14.3 Å². The van der Waals surface area contributed by atoms with E-state index in [2.05, 4.69) is 30.8 Å². The van der Waals surface area contributed by atoms with Crippen LogP contribution in [0.5, 0.6) is 0 Å². The number of nitrogens with zero attached hydrogens (tertiary/aromatic N) is 2. The zero-order valence-corrected chi connectivity index (χ0v) is 15.1. The van der Waals surface area contributed by atoms with Gasteiger partial charge in [0.15, 0.2) is 0 Å². The molecule has 0 radical (unpaired) electrons. The fraction of sp³-hybridized carbons (Fsp3) is 0.211. The number of nitrogens with one attached hydrogen (secondary N) is 1. The lowest BCUT2D eigenvalue weighted by Crippen LogP contribution is -2.32. The Morgan fingerprint density at radius 3 is 2.72 bits per heavy atom. The molecule has 0 aliphatic rings. The lowest BCUT2D eigenvalue weighted by Gasteiger charge is -2.09. The van der Waals surface area contributed by atoms with E-state index in [1.807, 2.05) is 6.92 Å². The van der Waals surface area contributed by atoms with Crippen molar-refractivity contribution >= 4 is 11.8 Å². The van der Waals surface area contributed by atoms with Crippen LogP contribution in [0, 0.1) is 11.3 Å². The predicted molar refractivity (Wildman–Crippen MR) is 104 cm³/mol. The van der Waals surface area contributed by atoms with Crippen molar-refractivity contribution in [2.24, 2.45) is 0 Å². The topological polar surface area (TPSA) is 78.7 Å². The molecule has 0 bridgehead atoms. The molecule has 0 amide bonds. The van der Waals surface area contributed by atoms with Crippen molar-refractivity contribution in [1.29, 1.82) is 5.26 Å². The van der Waals surface area contributed by atoms with E-state index in [4.69, 9.17) is 5.26 Å². The van der Waals surface area contributed by atoms with E-state index in [9.17, 15) is 9.59 Å². The van der Waals surface area contributed by atoms with Gasteiger partial charge in [-0.2, -0.15) is 5.26 Å². The van der Waals surface area contributed by atoms with Crippen LogP contribution in [0.1, 0.15) is 18.9 Å². The normalized spacial score (nSPS) is 11.7. The van der Waals surface area contributed by atoms with Crippen LogP contribution in [-0.2, 0) is 13.0 Å². The lowest BCUT2D eigenvalue weighted by atomic mass is 10.1. The molecule has 1 heterocycles. The zero-order valence-electron chi connectivity index (χ0n) is 14.2. The number of H-pyrrole nitrogens is 1. The quantitative estimate of drug-likeness (QED) is 0.544. The fourth-order valence-electron chi connectivity index (χ4n) is 2.09. The highest BCUT2D eigenvalue weighted by Crippen LogP contribution is 2.17. The van der Waals surface area contributed by atoms with Gasteiger partial charge in [-0.25, -0.2) is 4.79 Å². The van der Waals surface area contributed by atoms with Gasteiger partial charge in [0.2, 0.25) is 0 Å². The van der Waals surface area contributed by atoms with Gasteiger partial charge in [0.25, 0.3) is 5.56 Å². The molecule has 0 aliphatic carbocycles. The summed E-state index contributed by atoms with van der Waals surface area (Å²) in [5, 5.41) is 10.8. The Bertz CT molecular complexity index is 879. The Kier molecular flexibility index (Phi) is 8.24.